The Balaban J connectivity index is 2.90. The van der Waals surface area contributed by atoms with Gasteiger partial charge >= 0.3 is 0 Å². The van der Waals surface area contributed by atoms with Gasteiger partial charge in [-0.2, -0.15) is 0 Å². The van der Waals surface area contributed by atoms with Crippen LogP contribution in [0.15, 0.2) is 29.2 Å². The molecule has 0 saturated heterocycles. The van der Waals surface area contributed by atoms with Gasteiger partial charge in [0.25, 0.3) is 0 Å². The quantitative estimate of drug-likeness (QED) is 0.559. The first-order valence-corrected chi connectivity index (χ1v) is 9.23. The zero-order valence-corrected chi connectivity index (χ0v) is 14.7. The number of rotatable bonds is 6. The molecule has 0 spiro atoms. The number of amides is 1. The average Bonchev–Trinajstić information content (AvgIpc) is 2.35. The lowest BCUT2D eigenvalue weighted by Gasteiger charge is -2.20. The third-order valence-corrected chi connectivity index (χ3v) is 5.22. The molecule has 0 aliphatic heterocycles. The van der Waals surface area contributed by atoms with Gasteiger partial charge in [0.05, 0.1) is 4.90 Å². The highest BCUT2D eigenvalue weighted by Crippen LogP contribution is 2.16. The molecule has 0 aromatic heterocycles. The maximum absolute atomic E-state index is 12.2. The minimum atomic E-state index is -3.53. The van der Waals surface area contributed by atoms with E-state index in [2.05, 4.69) is 32.6 Å². The fourth-order valence-electron chi connectivity index (χ4n) is 1.53. The number of sulfonamides is 1. The van der Waals surface area contributed by atoms with Gasteiger partial charge in [0.15, 0.2) is 0 Å². The Bertz CT molecular complexity index is 555. The molecule has 112 valence electrons. The Kier molecular flexibility index (Phi) is 6.41. The van der Waals surface area contributed by atoms with E-state index >= 15 is 0 Å². The van der Waals surface area contributed by atoms with Crippen molar-refractivity contribution in [3.8, 4) is 0 Å². The first-order valence-electron chi connectivity index (χ1n) is 6.22. The lowest BCUT2D eigenvalue weighted by atomic mass is 10.1. The molecule has 0 saturated carbocycles. The summed E-state index contributed by atoms with van der Waals surface area (Å²) in [5.74, 6) is 0.0313. The van der Waals surface area contributed by atoms with Crippen LogP contribution < -0.4 is 10.0 Å². The lowest BCUT2D eigenvalue weighted by Crippen LogP contribution is -2.39. The molecule has 0 heterocycles. The number of alkyl halides is 1. The predicted octanol–water partition coefficient (Wildman–Crippen LogP) is 2.38. The molecule has 2 N–H and O–H groups in total. The molecule has 0 bridgehead atoms. The molecule has 0 fully saturated rings. The molecule has 1 aromatic rings. The molecule has 5 nitrogen and oxygen atoms in total. The monoisotopic (exact) mass is 410 g/mol. The van der Waals surface area contributed by atoms with Crippen molar-refractivity contribution in [1.29, 1.82) is 0 Å². The Morgan fingerprint density at radius 2 is 1.80 bits per heavy atom. The van der Waals surface area contributed by atoms with Crippen LogP contribution in [0.5, 0.6) is 0 Å². The molecule has 1 rings (SSSR count). The smallest absolute Gasteiger partial charge is 0.240 e. The molecule has 0 aliphatic carbocycles. The molecular weight excluding hydrogens is 391 g/mol. The summed E-state index contributed by atoms with van der Waals surface area (Å²) in [7, 11) is -3.53. The van der Waals surface area contributed by atoms with Crippen molar-refractivity contribution in [2.24, 2.45) is 5.92 Å². The standard InChI is InChI=1S/C13H19IN2O3S/c1-9(2)13(8-14)16-20(18,19)12-6-4-11(5-7-12)15-10(3)17/h4-7,9,13,16H,8H2,1-3H3,(H,15,17). The van der Waals surface area contributed by atoms with Crippen molar-refractivity contribution in [3.63, 3.8) is 0 Å². The van der Waals surface area contributed by atoms with Gasteiger partial charge in [-0.1, -0.05) is 36.4 Å². The third kappa shape index (κ3) is 5.02. The molecule has 1 amide bonds. The first kappa shape index (κ1) is 17.4. The summed E-state index contributed by atoms with van der Waals surface area (Å²) >= 11 is 2.17. The van der Waals surface area contributed by atoms with Crippen molar-refractivity contribution >= 4 is 44.2 Å². The van der Waals surface area contributed by atoms with Crippen LogP contribution in [-0.4, -0.2) is 24.8 Å². The van der Waals surface area contributed by atoms with E-state index in [1.54, 1.807) is 12.1 Å². The minimum absolute atomic E-state index is 0.101. The van der Waals surface area contributed by atoms with Crippen LogP contribution in [0.25, 0.3) is 0 Å². The number of carbonyl (C=O) groups is 1. The van der Waals surface area contributed by atoms with E-state index in [4.69, 9.17) is 0 Å². The molecule has 7 heteroatoms. The summed E-state index contributed by atoms with van der Waals surface area (Å²) in [5.41, 5.74) is 0.575. The van der Waals surface area contributed by atoms with Gasteiger partial charge in [-0.25, -0.2) is 13.1 Å². The molecule has 1 atom stereocenters. The van der Waals surface area contributed by atoms with Crippen molar-refractivity contribution in [2.45, 2.75) is 31.7 Å². The van der Waals surface area contributed by atoms with Gasteiger partial charge in [0.2, 0.25) is 15.9 Å². The lowest BCUT2D eigenvalue weighted by molar-refractivity contribution is -0.114. The number of anilines is 1. The van der Waals surface area contributed by atoms with Gasteiger partial charge in [0.1, 0.15) is 0 Å². The fraction of sp³-hybridized carbons (Fsp3) is 0.462. The summed E-state index contributed by atoms with van der Waals surface area (Å²) in [6.45, 7) is 5.36. The first-order chi connectivity index (χ1) is 9.26. The molecule has 0 aliphatic rings. The zero-order chi connectivity index (χ0) is 15.3. The van der Waals surface area contributed by atoms with Gasteiger partial charge in [-0.3, -0.25) is 4.79 Å². The second kappa shape index (κ2) is 7.37. The maximum Gasteiger partial charge on any atom is 0.240 e. The van der Waals surface area contributed by atoms with E-state index in [0.29, 0.717) is 10.1 Å². The average molecular weight is 410 g/mol. The van der Waals surface area contributed by atoms with Gasteiger partial charge < -0.3 is 5.32 Å². The van der Waals surface area contributed by atoms with E-state index in [1.165, 1.54) is 19.1 Å². The summed E-state index contributed by atoms with van der Waals surface area (Å²) in [6.07, 6.45) is 0. The Morgan fingerprint density at radius 3 is 2.20 bits per heavy atom. The van der Waals surface area contributed by atoms with Gasteiger partial charge in [-0.05, 0) is 30.2 Å². The second-order valence-electron chi connectivity index (χ2n) is 4.83. The fourth-order valence-corrected chi connectivity index (χ4v) is 4.45. The number of nitrogens with one attached hydrogen (secondary N) is 2. The van der Waals surface area contributed by atoms with Gasteiger partial charge in [0, 0.05) is 23.1 Å². The van der Waals surface area contributed by atoms with Crippen LogP contribution in [0, 0.1) is 5.92 Å². The van der Waals surface area contributed by atoms with Crippen LogP contribution in [0.1, 0.15) is 20.8 Å². The van der Waals surface area contributed by atoms with Gasteiger partial charge in [-0.15, -0.1) is 0 Å². The second-order valence-corrected chi connectivity index (χ2v) is 7.43. The number of carbonyl (C=O) groups excluding carboxylic acids is 1. The molecular formula is C13H19IN2O3S. The Morgan fingerprint density at radius 1 is 1.25 bits per heavy atom. The van der Waals surface area contributed by atoms with E-state index in [9.17, 15) is 13.2 Å². The molecule has 1 aromatic carbocycles. The summed E-state index contributed by atoms with van der Waals surface area (Å²) in [5, 5.41) is 2.60. The van der Waals surface area contributed by atoms with Crippen LogP contribution in [-0.2, 0) is 14.8 Å². The molecule has 1 unspecified atom stereocenters. The number of halogens is 1. The summed E-state index contributed by atoms with van der Waals surface area (Å²) < 4.78 is 27.9. The summed E-state index contributed by atoms with van der Waals surface area (Å²) in [4.78, 5) is 11.1. The zero-order valence-electron chi connectivity index (χ0n) is 11.7. The topological polar surface area (TPSA) is 75.3 Å². The maximum atomic E-state index is 12.2. The number of hydrogen-bond acceptors (Lipinski definition) is 3. The van der Waals surface area contributed by atoms with Crippen LogP contribution >= 0.6 is 22.6 Å². The van der Waals surface area contributed by atoms with E-state index < -0.39 is 10.0 Å². The predicted molar refractivity (Wildman–Crippen MR) is 88.6 cm³/mol. The highest BCUT2D eigenvalue weighted by Gasteiger charge is 2.21. The van der Waals surface area contributed by atoms with E-state index in [-0.39, 0.29) is 22.8 Å². The van der Waals surface area contributed by atoms with E-state index in [1.807, 2.05) is 13.8 Å². The minimum Gasteiger partial charge on any atom is -0.326 e. The van der Waals surface area contributed by atoms with E-state index in [0.717, 1.165) is 0 Å². The van der Waals surface area contributed by atoms with Crippen molar-refractivity contribution < 1.29 is 13.2 Å². The largest absolute Gasteiger partial charge is 0.326 e. The van der Waals surface area contributed by atoms with Crippen molar-refractivity contribution in [2.75, 3.05) is 9.74 Å². The van der Waals surface area contributed by atoms with Crippen LogP contribution in [0.3, 0.4) is 0 Å². The number of benzene rings is 1. The third-order valence-electron chi connectivity index (χ3n) is 2.76. The summed E-state index contributed by atoms with van der Waals surface area (Å²) in [6, 6.07) is 6.01. The van der Waals surface area contributed by atoms with Crippen molar-refractivity contribution in [3.05, 3.63) is 24.3 Å². The molecule has 20 heavy (non-hydrogen) atoms. The highest BCUT2D eigenvalue weighted by molar-refractivity contribution is 14.1. The molecule has 0 radical (unpaired) electrons. The Labute approximate surface area is 133 Å². The number of hydrogen-bond donors (Lipinski definition) is 2. The SMILES string of the molecule is CC(=O)Nc1ccc(S(=O)(=O)NC(CI)C(C)C)cc1. The highest BCUT2D eigenvalue weighted by atomic mass is 127. The Hall–Kier alpha value is -0.670. The normalized spacial score (nSPS) is 13.2. The van der Waals surface area contributed by atoms with Crippen LogP contribution in [0.2, 0.25) is 0 Å². The van der Waals surface area contributed by atoms with Crippen LogP contribution in [0.4, 0.5) is 5.69 Å². The van der Waals surface area contributed by atoms with Crippen molar-refractivity contribution in [1.82, 2.24) is 4.72 Å².